The highest BCUT2D eigenvalue weighted by Gasteiger charge is 2.19. The Morgan fingerprint density at radius 2 is 2.00 bits per heavy atom. The lowest BCUT2D eigenvalue weighted by Gasteiger charge is -2.12. The van der Waals surface area contributed by atoms with Crippen LogP contribution in [0.25, 0.3) is 0 Å². The number of rotatable bonds is 8. The van der Waals surface area contributed by atoms with Crippen LogP contribution in [0.3, 0.4) is 0 Å². The van der Waals surface area contributed by atoms with Crippen LogP contribution in [0.15, 0.2) is 52.0 Å². The Morgan fingerprint density at radius 3 is 2.68 bits per heavy atom. The summed E-state index contributed by atoms with van der Waals surface area (Å²) >= 11 is 1.20. The van der Waals surface area contributed by atoms with E-state index in [1.807, 2.05) is 0 Å². The summed E-state index contributed by atoms with van der Waals surface area (Å²) in [7, 11) is 0. The zero-order chi connectivity index (χ0) is 18.2. The highest BCUT2D eigenvalue weighted by atomic mass is 32.2. The van der Waals surface area contributed by atoms with Gasteiger partial charge in [0.15, 0.2) is 6.10 Å². The Balaban J connectivity index is 1.92. The molecule has 1 aromatic heterocycles. The molecule has 0 radical (unpaired) electrons. The van der Waals surface area contributed by atoms with Gasteiger partial charge >= 0.3 is 5.97 Å². The smallest absolute Gasteiger partial charge is 0.340 e. The fraction of sp³-hybridized carbons (Fsp3) is 0.235. The summed E-state index contributed by atoms with van der Waals surface area (Å²) in [6.45, 7) is 1.70. The number of esters is 1. The van der Waals surface area contributed by atoms with Crippen molar-refractivity contribution in [2.24, 2.45) is 5.73 Å². The molecule has 7 nitrogen and oxygen atoms in total. The Morgan fingerprint density at radius 1 is 1.24 bits per heavy atom. The van der Waals surface area contributed by atoms with Gasteiger partial charge < -0.3 is 20.2 Å². The van der Waals surface area contributed by atoms with Crippen LogP contribution in [0.1, 0.15) is 23.0 Å². The second-order valence-electron chi connectivity index (χ2n) is 5.09. The van der Waals surface area contributed by atoms with Gasteiger partial charge in [0.25, 0.3) is 5.91 Å². The van der Waals surface area contributed by atoms with Crippen molar-refractivity contribution in [3.63, 3.8) is 0 Å². The number of hydrogen-bond donors (Lipinski definition) is 2. The monoisotopic (exact) mass is 362 g/mol. The minimum absolute atomic E-state index is 0.121. The number of nitrogens with one attached hydrogen (secondary N) is 1. The van der Waals surface area contributed by atoms with E-state index in [1.54, 1.807) is 36.4 Å². The van der Waals surface area contributed by atoms with Crippen molar-refractivity contribution in [1.82, 2.24) is 5.32 Å². The minimum Gasteiger partial charge on any atom is -0.467 e. The number of thioether (sulfide) groups is 1. The number of amides is 2. The molecule has 0 spiro atoms. The summed E-state index contributed by atoms with van der Waals surface area (Å²) in [5, 5.41) is 2.72. The Labute approximate surface area is 148 Å². The molecule has 0 aliphatic heterocycles. The fourth-order valence-corrected chi connectivity index (χ4v) is 2.71. The van der Waals surface area contributed by atoms with E-state index < -0.39 is 18.0 Å². The molecule has 132 valence electrons. The van der Waals surface area contributed by atoms with Crippen LogP contribution in [-0.4, -0.2) is 29.6 Å². The molecule has 2 aromatic rings. The summed E-state index contributed by atoms with van der Waals surface area (Å²) in [5.41, 5.74) is 5.37. The van der Waals surface area contributed by atoms with Crippen LogP contribution in [0, 0.1) is 0 Å². The molecule has 1 unspecified atom stereocenters. The summed E-state index contributed by atoms with van der Waals surface area (Å²) in [5.74, 6) is -0.810. The number of primary amides is 1. The molecule has 0 bridgehead atoms. The van der Waals surface area contributed by atoms with E-state index in [9.17, 15) is 14.4 Å². The topological polar surface area (TPSA) is 112 Å². The average Bonchev–Trinajstić information content (AvgIpc) is 3.11. The van der Waals surface area contributed by atoms with Crippen LogP contribution in [-0.2, 0) is 20.9 Å². The first-order chi connectivity index (χ1) is 12.0. The minimum atomic E-state index is -1.03. The molecule has 1 atom stereocenters. The Hall–Kier alpha value is -2.74. The molecule has 8 heteroatoms. The zero-order valence-electron chi connectivity index (χ0n) is 13.6. The van der Waals surface area contributed by atoms with Crippen molar-refractivity contribution >= 4 is 29.5 Å². The largest absolute Gasteiger partial charge is 0.467 e. The van der Waals surface area contributed by atoms with E-state index >= 15 is 0 Å². The summed E-state index contributed by atoms with van der Waals surface area (Å²) in [4.78, 5) is 35.7. The van der Waals surface area contributed by atoms with Crippen molar-refractivity contribution in [3.05, 3.63) is 54.0 Å². The maximum atomic E-state index is 12.1. The van der Waals surface area contributed by atoms with E-state index in [4.69, 9.17) is 14.9 Å². The van der Waals surface area contributed by atoms with E-state index in [0.29, 0.717) is 17.2 Å². The number of ether oxygens (including phenoxy) is 1. The average molecular weight is 362 g/mol. The number of carbonyl (C=O) groups excluding carboxylic acids is 3. The molecule has 2 amide bonds. The maximum Gasteiger partial charge on any atom is 0.340 e. The van der Waals surface area contributed by atoms with E-state index in [1.165, 1.54) is 24.9 Å². The second kappa shape index (κ2) is 8.93. The van der Waals surface area contributed by atoms with Crippen molar-refractivity contribution in [2.75, 3.05) is 5.75 Å². The SMILES string of the molecule is CC(OC(=O)c1ccccc1SCC(=O)NCc1ccco1)C(N)=O. The lowest BCUT2D eigenvalue weighted by atomic mass is 10.2. The lowest BCUT2D eigenvalue weighted by molar-refractivity contribution is -0.125. The third kappa shape index (κ3) is 5.68. The van der Waals surface area contributed by atoms with Gasteiger partial charge in [-0.3, -0.25) is 9.59 Å². The van der Waals surface area contributed by atoms with Gasteiger partial charge in [-0.05, 0) is 31.2 Å². The maximum absolute atomic E-state index is 12.1. The summed E-state index contributed by atoms with van der Waals surface area (Å²) < 4.78 is 10.1. The second-order valence-corrected chi connectivity index (χ2v) is 6.11. The van der Waals surface area contributed by atoms with Crippen LogP contribution < -0.4 is 11.1 Å². The van der Waals surface area contributed by atoms with E-state index in [0.717, 1.165) is 0 Å². The van der Waals surface area contributed by atoms with E-state index in [2.05, 4.69) is 5.32 Å². The first kappa shape index (κ1) is 18.6. The molecule has 25 heavy (non-hydrogen) atoms. The van der Waals surface area contributed by atoms with E-state index in [-0.39, 0.29) is 17.2 Å². The number of carbonyl (C=O) groups is 3. The lowest BCUT2D eigenvalue weighted by Crippen LogP contribution is -2.30. The third-order valence-electron chi connectivity index (χ3n) is 3.19. The number of benzene rings is 1. The van der Waals surface area contributed by atoms with Gasteiger partial charge in [0.05, 0.1) is 24.1 Å². The molecule has 2 rings (SSSR count). The molecule has 1 heterocycles. The van der Waals surface area contributed by atoms with Crippen molar-refractivity contribution in [2.45, 2.75) is 24.5 Å². The molecule has 1 aromatic carbocycles. The first-order valence-electron chi connectivity index (χ1n) is 7.48. The van der Waals surface area contributed by atoms with Gasteiger partial charge in [-0.25, -0.2) is 4.79 Å². The standard InChI is InChI=1S/C17H18N2O5S/c1-11(16(18)21)24-17(22)13-6-2-3-7-14(13)25-10-15(20)19-9-12-5-4-8-23-12/h2-8,11H,9-10H2,1H3,(H2,18,21)(H,19,20). The quantitative estimate of drug-likeness (QED) is 0.546. The predicted octanol–water partition coefficient (Wildman–Crippen LogP) is 1.72. The summed E-state index contributed by atoms with van der Waals surface area (Å²) in [6.07, 6.45) is 0.507. The van der Waals surface area contributed by atoms with Gasteiger partial charge in [0.2, 0.25) is 5.91 Å². The molecule has 0 saturated heterocycles. The highest BCUT2D eigenvalue weighted by Crippen LogP contribution is 2.23. The fourth-order valence-electron chi connectivity index (χ4n) is 1.84. The van der Waals surface area contributed by atoms with Crippen LogP contribution in [0.4, 0.5) is 0 Å². The first-order valence-corrected chi connectivity index (χ1v) is 8.47. The van der Waals surface area contributed by atoms with Crippen LogP contribution >= 0.6 is 11.8 Å². The Bertz CT molecular complexity index is 745. The van der Waals surface area contributed by atoms with Crippen molar-refractivity contribution < 1.29 is 23.5 Å². The summed E-state index contributed by atoms with van der Waals surface area (Å²) in [6, 6.07) is 10.2. The Kier molecular flexibility index (Phi) is 6.64. The van der Waals surface area contributed by atoms with Gasteiger partial charge in [-0.15, -0.1) is 11.8 Å². The van der Waals surface area contributed by atoms with Crippen molar-refractivity contribution in [3.8, 4) is 0 Å². The molecule has 0 fully saturated rings. The van der Waals surface area contributed by atoms with Crippen LogP contribution in [0.5, 0.6) is 0 Å². The number of nitrogens with two attached hydrogens (primary N) is 1. The number of furan rings is 1. The zero-order valence-corrected chi connectivity index (χ0v) is 14.4. The molecular weight excluding hydrogens is 344 g/mol. The van der Waals surface area contributed by atoms with Gasteiger partial charge in [0, 0.05) is 4.90 Å². The van der Waals surface area contributed by atoms with Crippen molar-refractivity contribution in [1.29, 1.82) is 0 Å². The molecule has 0 saturated carbocycles. The number of hydrogen-bond acceptors (Lipinski definition) is 6. The highest BCUT2D eigenvalue weighted by molar-refractivity contribution is 8.00. The molecule has 3 N–H and O–H groups in total. The van der Waals surface area contributed by atoms with Gasteiger partial charge in [0.1, 0.15) is 5.76 Å². The van der Waals surface area contributed by atoms with Crippen LogP contribution in [0.2, 0.25) is 0 Å². The predicted molar refractivity (Wildman–Crippen MR) is 91.8 cm³/mol. The van der Waals surface area contributed by atoms with Gasteiger partial charge in [-0.1, -0.05) is 12.1 Å². The normalized spacial score (nSPS) is 11.6. The molecule has 0 aliphatic carbocycles. The third-order valence-corrected chi connectivity index (χ3v) is 4.26. The molecular formula is C17H18N2O5S. The van der Waals surface area contributed by atoms with Gasteiger partial charge in [-0.2, -0.15) is 0 Å². The molecule has 0 aliphatic rings.